The zero-order chi connectivity index (χ0) is 18.4. The van der Waals surface area contributed by atoms with Gasteiger partial charge in [0, 0.05) is 31.0 Å². The lowest BCUT2D eigenvalue weighted by atomic mass is 10.2. The van der Waals surface area contributed by atoms with E-state index in [2.05, 4.69) is 25.9 Å². The SMILES string of the molecule is CCCNC(=O)CCc1nnc2ccc(NCc3ccccc3Cl)nn12. The summed E-state index contributed by atoms with van der Waals surface area (Å²) in [7, 11) is 0. The minimum Gasteiger partial charge on any atom is -0.364 e. The van der Waals surface area contributed by atoms with Crippen molar-refractivity contribution in [2.45, 2.75) is 32.7 Å². The van der Waals surface area contributed by atoms with E-state index in [-0.39, 0.29) is 5.91 Å². The number of carbonyl (C=O) groups excluding carboxylic acids is 1. The highest BCUT2D eigenvalue weighted by Crippen LogP contribution is 2.16. The standard InChI is InChI=1S/C18H21ClN6O/c1-2-11-20-18(26)10-9-17-23-22-16-8-7-15(24-25(16)17)21-12-13-5-3-4-6-14(13)19/h3-8H,2,9-12H2,1H3,(H,20,26)(H,21,24). The molecule has 0 aliphatic heterocycles. The molecule has 2 heterocycles. The second-order valence-electron chi connectivity index (χ2n) is 5.90. The van der Waals surface area contributed by atoms with Crippen LogP contribution in [0.5, 0.6) is 0 Å². The Bertz CT molecular complexity index is 894. The predicted octanol–water partition coefficient (Wildman–Crippen LogP) is 2.85. The van der Waals surface area contributed by atoms with E-state index in [1.54, 1.807) is 4.52 Å². The van der Waals surface area contributed by atoms with Crippen LogP contribution in [0.15, 0.2) is 36.4 Å². The molecule has 136 valence electrons. The van der Waals surface area contributed by atoms with Crippen LogP contribution in [0.2, 0.25) is 5.02 Å². The number of hydrogen-bond acceptors (Lipinski definition) is 5. The van der Waals surface area contributed by atoms with Crippen LogP contribution in [0, 0.1) is 0 Å². The minimum absolute atomic E-state index is 0.0107. The number of aromatic nitrogens is 4. The quantitative estimate of drug-likeness (QED) is 0.635. The van der Waals surface area contributed by atoms with E-state index in [0.717, 1.165) is 12.0 Å². The molecular formula is C18H21ClN6O. The number of nitrogens with zero attached hydrogens (tertiary/aromatic N) is 4. The second kappa shape index (κ2) is 8.62. The summed E-state index contributed by atoms with van der Waals surface area (Å²) in [4.78, 5) is 11.8. The molecule has 0 saturated heterocycles. The van der Waals surface area contributed by atoms with Gasteiger partial charge in [0.1, 0.15) is 5.82 Å². The summed E-state index contributed by atoms with van der Waals surface area (Å²) in [6.45, 7) is 3.27. The van der Waals surface area contributed by atoms with Gasteiger partial charge in [-0.3, -0.25) is 4.79 Å². The van der Waals surface area contributed by atoms with Crippen molar-refractivity contribution in [2.75, 3.05) is 11.9 Å². The predicted molar refractivity (Wildman–Crippen MR) is 101 cm³/mol. The van der Waals surface area contributed by atoms with E-state index < -0.39 is 0 Å². The topological polar surface area (TPSA) is 84.2 Å². The van der Waals surface area contributed by atoms with Crippen molar-refractivity contribution >= 4 is 29.0 Å². The van der Waals surface area contributed by atoms with E-state index in [1.807, 2.05) is 43.3 Å². The van der Waals surface area contributed by atoms with Crippen LogP contribution in [0.25, 0.3) is 5.65 Å². The van der Waals surface area contributed by atoms with Gasteiger partial charge in [-0.05, 0) is 30.2 Å². The molecule has 26 heavy (non-hydrogen) atoms. The Labute approximate surface area is 156 Å². The summed E-state index contributed by atoms with van der Waals surface area (Å²) >= 11 is 6.18. The Morgan fingerprint density at radius 1 is 1.19 bits per heavy atom. The molecule has 0 aliphatic carbocycles. The van der Waals surface area contributed by atoms with E-state index in [4.69, 9.17) is 11.6 Å². The van der Waals surface area contributed by atoms with Gasteiger partial charge in [0.05, 0.1) is 0 Å². The summed E-state index contributed by atoms with van der Waals surface area (Å²) in [6.07, 6.45) is 1.76. The number of rotatable bonds is 8. The Hall–Kier alpha value is -2.67. The van der Waals surface area contributed by atoms with Crippen molar-refractivity contribution in [3.05, 3.63) is 52.8 Å². The number of amides is 1. The summed E-state index contributed by atoms with van der Waals surface area (Å²) in [5.41, 5.74) is 1.64. The van der Waals surface area contributed by atoms with Gasteiger partial charge in [0.15, 0.2) is 11.5 Å². The number of carbonyl (C=O) groups is 1. The lowest BCUT2D eigenvalue weighted by molar-refractivity contribution is -0.121. The van der Waals surface area contributed by atoms with Crippen molar-refractivity contribution in [1.82, 2.24) is 25.1 Å². The van der Waals surface area contributed by atoms with Crippen LogP contribution < -0.4 is 10.6 Å². The smallest absolute Gasteiger partial charge is 0.220 e. The third kappa shape index (κ3) is 4.49. The third-order valence-corrected chi connectivity index (χ3v) is 4.26. The molecule has 3 aromatic rings. The molecular weight excluding hydrogens is 352 g/mol. The maximum Gasteiger partial charge on any atom is 0.220 e. The van der Waals surface area contributed by atoms with Gasteiger partial charge in [-0.1, -0.05) is 36.7 Å². The molecule has 2 N–H and O–H groups in total. The minimum atomic E-state index is 0.0107. The molecule has 0 unspecified atom stereocenters. The molecule has 3 rings (SSSR count). The molecule has 0 aliphatic rings. The Morgan fingerprint density at radius 2 is 2.04 bits per heavy atom. The summed E-state index contributed by atoms with van der Waals surface area (Å²) in [5.74, 6) is 1.36. The maximum atomic E-state index is 11.8. The molecule has 7 nitrogen and oxygen atoms in total. The number of benzene rings is 1. The Morgan fingerprint density at radius 3 is 2.85 bits per heavy atom. The third-order valence-electron chi connectivity index (χ3n) is 3.89. The van der Waals surface area contributed by atoms with Gasteiger partial charge in [-0.15, -0.1) is 15.3 Å². The van der Waals surface area contributed by atoms with Crippen molar-refractivity contribution in [3.63, 3.8) is 0 Å². The highest BCUT2D eigenvalue weighted by atomic mass is 35.5. The molecule has 1 aromatic carbocycles. The Balaban J connectivity index is 1.67. The molecule has 0 fully saturated rings. The van der Waals surface area contributed by atoms with Crippen molar-refractivity contribution < 1.29 is 4.79 Å². The van der Waals surface area contributed by atoms with Crippen LogP contribution in [-0.4, -0.2) is 32.3 Å². The monoisotopic (exact) mass is 372 g/mol. The van der Waals surface area contributed by atoms with Gasteiger partial charge in [-0.2, -0.15) is 4.52 Å². The van der Waals surface area contributed by atoms with Crippen LogP contribution in [0.3, 0.4) is 0 Å². The number of aryl methyl sites for hydroxylation is 1. The fourth-order valence-corrected chi connectivity index (χ4v) is 2.69. The first kappa shape index (κ1) is 18.1. The van der Waals surface area contributed by atoms with E-state index in [1.165, 1.54) is 0 Å². The molecule has 2 aromatic heterocycles. The first-order valence-corrected chi connectivity index (χ1v) is 9.00. The molecule has 1 amide bonds. The zero-order valence-electron chi connectivity index (χ0n) is 14.6. The molecule has 8 heteroatoms. The fraction of sp³-hybridized carbons (Fsp3) is 0.333. The van der Waals surface area contributed by atoms with Crippen molar-refractivity contribution in [2.24, 2.45) is 0 Å². The molecule has 0 spiro atoms. The van der Waals surface area contributed by atoms with E-state index >= 15 is 0 Å². The van der Waals surface area contributed by atoms with Gasteiger partial charge in [0.2, 0.25) is 5.91 Å². The van der Waals surface area contributed by atoms with Crippen LogP contribution >= 0.6 is 11.6 Å². The second-order valence-corrected chi connectivity index (χ2v) is 6.31. The van der Waals surface area contributed by atoms with Gasteiger partial charge in [0.25, 0.3) is 0 Å². The zero-order valence-corrected chi connectivity index (χ0v) is 15.3. The highest BCUT2D eigenvalue weighted by molar-refractivity contribution is 6.31. The largest absolute Gasteiger partial charge is 0.364 e. The molecule has 0 radical (unpaired) electrons. The first-order chi connectivity index (χ1) is 12.7. The molecule has 0 bridgehead atoms. The number of hydrogen-bond donors (Lipinski definition) is 2. The van der Waals surface area contributed by atoms with E-state index in [9.17, 15) is 4.79 Å². The maximum absolute atomic E-state index is 11.8. The Kier molecular flexibility index (Phi) is 6.01. The number of fused-ring (bicyclic) bond motifs is 1. The number of halogens is 1. The van der Waals surface area contributed by atoms with Crippen LogP contribution in [0.4, 0.5) is 5.82 Å². The summed E-state index contributed by atoms with van der Waals surface area (Å²) in [6, 6.07) is 11.4. The van der Waals surface area contributed by atoms with E-state index in [0.29, 0.717) is 48.2 Å². The van der Waals surface area contributed by atoms with Crippen molar-refractivity contribution in [1.29, 1.82) is 0 Å². The fourth-order valence-electron chi connectivity index (χ4n) is 2.49. The average molecular weight is 373 g/mol. The summed E-state index contributed by atoms with van der Waals surface area (Å²) < 4.78 is 1.67. The van der Waals surface area contributed by atoms with Crippen LogP contribution in [-0.2, 0) is 17.8 Å². The van der Waals surface area contributed by atoms with Crippen LogP contribution in [0.1, 0.15) is 31.2 Å². The van der Waals surface area contributed by atoms with Gasteiger partial charge in [-0.25, -0.2) is 0 Å². The lowest BCUT2D eigenvalue weighted by Gasteiger charge is -2.08. The normalized spacial score (nSPS) is 10.8. The first-order valence-electron chi connectivity index (χ1n) is 8.62. The average Bonchev–Trinajstić information content (AvgIpc) is 3.06. The highest BCUT2D eigenvalue weighted by Gasteiger charge is 2.10. The summed E-state index contributed by atoms with van der Waals surface area (Å²) in [5, 5.41) is 19.6. The molecule has 0 saturated carbocycles. The number of anilines is 1. The van der Waals surface area contributed by atoms with Gasteiger partial charge < -0.3 is 10.6 Å². The lowest BCUT2D eigenvalue weighted by Crippen LogP contribution is -2.24. The molecule has 0 atom stereocenters. The van der Waals surface area contributed by atoms with Gasteiger partial charge >= 0.3 is 0 Å². The number of nitrogens with one attached hydrogen (secondary N) is 2. The van der Waals surface area contributed by atoms with Crippen molar-refractivity contribution in [3.8, 4) is 0 Å².